The maximum atomic E-state index is 10.9. The summed E-state index contributed by atoms with van der Waals surface area (Å²) < 4.78 is 23.1. The van der Waals surface area contributed by atoms with Gasteiger partial charge in [-0.1, -0.05) is 5.11 Å². The molecule has 3 aliphatic rings. The third kappa shape index (κ3) is 6.40. The van der Waals surface area contributed by atoms with Crippen molar-refractivity contribution >= 4 is 5.96 Å². The van der Waals surface area contributed by atoms with E-state index in [9.17, 15) is 30.6 Å². The Bertz CT molecular complexity index is 846. The van der Waals surface area contributed by atoms with Crippen molar-refractivity contribution in [3.05, 3.63) is 10.4 Å². The van der Waals surface area contributed by atoms with Crippen LogP contribution in [0.4, 0.5) is 0 Å². The van der Waals surface area contributed by atoms with Gasteiger partial charge in [0.05, 0.1) is 25.2 Å². The molecular weight excluding hydrogens is 500 g/mol. The second kappa shape index (κ2) is 12.3. The summed E-state index contributed by atoms with van der Waals surface area (Å²) >= 11 is 0. The number of rotatable bonds is 8. The normalized spacial score (nSPS) is 47.2. The number of aliphatic hydroxyl groups excluding tert-OH is 6. The molecule has 0 radical (unpaired) electrons. The first kappa shape index (κ1) is 29.7. The maximum Gasteiger partial charge on any atom is 0.187 e. The van der Waals surface area contributed by atoms with Gasteiger partial charge in [0.1, 0.15) is 67.0 Å². The van der Waals surface area contributed by atoms with E-state index in [1.54, 1.807) is 0 Å². The Kier molecular flexibility index (Phi) is 9.86. The molecule has 18 nitrogen and oxygen atoms in total. The number of nitrogens with zero attached hydrogens (tertiary/aromatic N) is 4. The highest BCUT2D eigenvalue weighted by molar-refractivity contribution is 5.75. The molecule has 18 heteroatoms. The van der Waals surface area contributed by atoms with Gasteiger partial charge in [-0.15, -0.1) is 0 Å². The summed E-state index contributed by atoms with van der Waals surface area (Å²) in [6, 6.07) is -2.57. The monoisotopic (exact) mass is 538 g/mol. The number of aliphatic hydroxyl groups is 6. The third-order valence-electron chi connectivity index (χ3n) is 6.84. The molecule has 0 aromatic heterocycles. The molecule has 2 heterocycles. The zero-order valence-electron chi connectivity index (χ0n) is 20.2. The van der Waals surface area contributed by atoms with Crippen molar-refractivity contribution in [2.75, 3.05) is 6.54 Å². The van der Waals surface area contributed by atoms with Gasteiger partial charge in [0.15, 0.2) is 18.5 Å². The van der Waals surface area contributed by atoms with Crippen LogP contribution in [-0.4, -0.2) is 135 Å². The molecule has 15 atom stereocenters. The third-order valence-corrected chi connectivity index (χ3v) is 6.84. The van der Waals surface area contributed by atoms with Gasteiger partial charge in [-0.25, -0.2) is 0 Å². The van der Waals surface area contributed by atoms with Crippen LogP contribution in [0.3, 0.4) is 0 Å². The lowest BCUT2D eigenvalue weighted by Gasteiger charge is -2.46. The highest BCUT2D eigenvalue weighted by Crippen LogP contribution is 2.33. The van der Waals surface area contributed by atoms with Gasteiger partial charge in [0.2, 0.25) is 0 Å². The van der Waals surface area contributed by atoms with Crippen LogP contribution < -0.4 is 22.9 Å². The Hall–Kier alpha value is -1.90. The Balaban J connectivity index is 1.84. The van der Waals surface area contributed by atoms with Gasteiger partial charge in [-0.05, 0) is 12.5 Å². The predicted octanol–water partition coefficient (Wildman–Crippen LogP) is -7.03. The molecule has 212 valence electrons. The molecule has 5 unspecified atom stereocenters. The lowest BCUT2D eigenvalue weighted by molar-refractivity contribution is -0.515. The van der Waals surface area contributed by atoms with Crippen LogP contribution in [0, 0.1) is 0 Å². The lowest BCUT2D eigenvalue weighted by Crippen LogP contribution is -2.82. The molecule has 3 fully saturated rings. The van der Waals surface area contributed by atoms with E-state index in [-0.39, 0.29) is 18.9 Å². The lowest BCUT2D eigenvalue weighted by atomic mass is 9.84. The maximum absolute atomic E-state index is 10.9. The van der Waals surface area contributed by atoms with Gasteiger partial charge in [-0.3, -0.25) is 4.99 Å². The van der Waals surface area contributed by atoms with E-state index in [2.05, 4.69) is 26.5 Å². The Morgan fingerprint density at radius 1 is 0.973 bits per heavy atom. The number of guanidine groups is 1. The minimum Gasteiger partial charge on any atom is -0.391 e. The summed E-state index contributed by atoms with van der Waals surface area (Å²) in [5, 5.41) is 66.0. The van der Waals surface area contributed by atoms with E-state index >= 15 is 0 Å². The smallest absolute Gasteiger partial charge is 0.187 e. The average molecular weight is 539 g/mol. The quantitative estimate of drug-likeness (QED) is 0.0453. The molecule has 16 N–H and O–H groups in total. The van der Waals surface area contributed by atoms with Crippen molar-refractivity contribution in [3.8, 4) is 0 Å². The second-order valence-corrected chi connectivity index (χ2v) is 9.62. The first-order valence-corrected chi connectivity index (χ1v) is 11.8. The fourth-order valence-electron chi connectivity index (χ4n) is 4.79. The summed E-state index contributed by atoms with van der Waals surface area (Å²) in [6.07, 6.45) is -15.9. The van der Waals surface area contributed by atoms with Crippen molar-refractivity contribution < 1.29 is 61.1 Å². The summed E-state index contributed by atoms with van der Waals surface area (Å²) in [5.74, 6) is -0.240. The number of quaternary nitrogens is 2. The van der Waals surface area contributed by atoms with Crippen LogP contribution >= 0.6 is 0 Å². The average Bonchev–Trinajstić information content (AvgIpc) is 3.10. The number of ether oxygens (including phenoxy) is 4. The molecule has 37 heavy (non-hydrogen) atoms. The Morgan fingerprint density at radius 3 is 2.22 bits per heavy atom. The minimum absolute atomic E-state index is 0.159. The second-order valence-electron chi connectivity index (χ2n) is 9.62. The van der Waals surface area contributed by atoms with Crippen LogP contribution in [0.2, 0.25) is 0 Å². The fourth-order valence-corrected chi connectivity index (χ4v) is 4.79. The van der Waals surface area contributed by atoms with E-state index in [1.807, 2.05) is 0 Å². The zero-order chi connectivity index (χ0) is 27.6. The van der Waals surface area contributed by atoms with Crippen molar-refractivity contribution in [1.82, 2.24) is 0 Å². The highest BCUT2D eigenvalue weighted by atomic mass is 16.7. The summed E-state index contributed by atoms with van der Waals surface area (Å²) in [6.45, 7) is 1.18. The van der Waals surface area contributed by atoms with Crippen LogP contribution in [0.15, 0.2) is 10.1 Å². The van der Waals surface area contributed by atoms with Gasteiger partial charge in [-0.2, -0.15) is 0 Å². The Labute approximate surface area is 211 Å². The molecular formula is C19H38N8O10+2. The van der Waals surface area contributed by atoms with Gasteiger partial charge in [0, 0.05) is 4.91 Å². The number of hydrogen-bond donors (Lipinski definition) is 10. The predicted molar refractivity (Wildman–Crippen MR) is 120 cm³/mol. The first-order chi connectivity index (χ1) is 17.4. The Morgan fingerprint density at radius 2 is 1.62 bits per heavy atom. The van der Waals surface area contributed by atoms with Gasteiger partial charge >= 0.3 is 0 Å². The van der Waals surface area contributed by atoms with Crippen LogP contribution in [-0.2, 0) is 18.9 Å². The zero-order valence-corrected chi connectivity index (χ0v) is 20.2. The molecule has 3 rings (SSSR count). The molecule has 0 aromatic carbocycles. The van der Waals surface area contributed by atoms with Crippen molar-refractivity contribution in [3.63, 3.8) is 0 Å². The first-order valence-electron chi connectivity index (χ1n) is 11.8. The van der Waals surface area contributed by atoms with Crippen LogP contribution in [0.1, 0.15) is 13.3 Å². The van der Waals surface area contributed by atoms with Crippen molar-refractivity contribution in [1.29, 1.82) is 0 Å². The SMILES string of the molecule is C[C@@H](O)C1O[C@H](O[C@@H]2C([NH3+])C[C@@H]([NH3+])C(O)[C@H]2O[C@@H]2O[C@H](CN=C(N)N)[C@H](O)C2O)C(N=[N+]=[N-])[C@@H](O)[C@@H]1O. The molecule has 1 aliphatic carbocycles. The van der Waals surface area contributed by atoms with Crippen molar-refractivity contribution in [2.24, 2.45) is 21.6 Å². The van der Waals surface area contributed by atoms with E-state index in [4.69, 9.17) is 35.9 Å². The molecule has 0 bridgehead atoms. The van der Waals surface area contributed by atoms with E-state index in [0.717, 1.165) is 0 Å². The molecule has 2 saturated heterocycles. The standard InChI is InChI=1S/C19H36N8O10/c1-4(28)14-12(32)11(31)8(26-27-24)17(35-14)36-15-6(21)2-5(20)9(29)16(15)37-18-13(33)10(30)7(34-18)3-25-19(22)23/h4-18,28-33H,2-3,20-21H2,1H3,(H4,22,23,25)/p+2/t4-,5-,6?,7-,8?,9?,10+,11-,12+,13?,14?,15-,16-,17-,18+/m1/s1. The molecule has 0 amide bonds. The van der Waals surface area contributed by atoms with Gasteiger partial charge in [0.25, 0.3) is 0 Å². The van der Waals surface area contributed by atoms with Gasteiger partial charge < -0.3 is 72.5 Å². The summed E-state index contributed by atoms with van der Waals surface area (Å²) in [5.41, 5.74) is 27.5. The topological polar surface area (TPSA) is 327 Å². The number of hydrogen-bond acceptors (Lipinski definition) is 12. The summed E-state index contributed by atoms with van der Waals surface area (Å²) in [7, 11) is 0. The number of azide groups is 1. The highest BCUT2D eigenvalue weighted by Gasteiger charge is 2.54. The minimum atomic E-state index is -1.64. The van der Waals surface area contributed by atoms with Crippen LogP contribution in [0.25, 0.3) is 10.4 Å². The number of nitrogens with two attached hydrogens (primary N) is 2. The molecule has 1 saturated carbocycles. The largest absolute Gasteiger partial charge is 0.391 e. The number of aliphatic imine (C=N–C) groups is 1. The van der Waals surface area contributed by atoms with E-state index in [0.29, 0.717) is 0 Å². The van der Waals surface area contributed by atoms with E-state index < -0.39 is 91.7 Å². The van der Waals surface area contributed by atoms with Crippen LogP contribution in [0.5, 0.6) is 0 Å². The van der Waals surface area contributed by atoms with Crippen molar-refractivity contribution in [2.45, 2.75) is 105 Å². The summed E-state index contributed by atoms with van der Waals surface area (Å²) in [4.78, 5) is 6.45. The van der Waals surface area contributed by atoms with E-state index in [1.165, 1.54) is 6.92 Å². The molecule has 2 aliphatic heterocycles. The fraction of sp³-hybridized carbons (Fsp3) is 0.947. The molecule has 0 aromatic rings. The molecule has 0 spiro atoms.